The molecule has 120 valence electrons. The maximum Gasteiger partial charge on any atom is 0.417 e. The molecule has 1 aromatic carbocycles. The van der Waals surface area contributed by atoms with Crippen LogP contribution in [-0.4, -0.2) is 48.4 Å². The minimum absolute atomic E-state index is 0.0763. The van der Waals surface area contributed by atoms with Gasteiger partial charge in [0.1, 0.15) is 12.4 Å². The molecule has 0 aliphatic carbocycles. The third-order valence-electron chi connectivity index (χ3n) is 3.91. The normalized spacial score (nSPS) is 19.2. The summed E-state index contributed by atoms with van der Waals surface area (Å²) in [6.07, 6.45) is -0.656. The Hall–Kier alpha value is -2.08. The molecule has 1 N–H and O–H groups in total. The smallest absolute Gasteiger partial charge is 0.417 e. The van der Waals surface area contributed by atoms with E-state index >= 15 is 0 Å². The molecular formula is C16H21NO5. The quantitative estimate of drug-likeness (QED) is 0.897. The number of aliphatic hydroxyl groups is 1. The fourth-order valence-corrected chi connectivity index (χ4v) is 2.61. The molecule has 0 radical (unpaired) electrons. The molecule has 1 aliphatic rings. The molecule has 1 aliphatic heterocycles. The van der Waals surface area contributed by atoms with Crippen molar-refractivity contribution in [1.29, 1.82) is 0 Å². The van der Waals surface area contributed by atoms with Crippen molar-refractivity contribution in [2.45, 2.75) is 25.8 Å². The van der Waals surface area contributed by atoms with Gasteiger partial charge in [-0.15, -0.1) is 0 Å². The zero-order valence-electron chi connectivity index (χ0n) is 13.0. The van der Waals surface area contributed by atoms with Gasteiger partial charge in [-0.2, -0.15) is 0 Å². The van der Waals surface area contributed by atoms with Crippen molar-refractivity contribution >= 4 is 12.0 Å². The minimum Gasteiger partial charge on any atom is -0.496 e. The van der Waals surface area contributed by atoms with Gasteiger partial charge in [0.25, 0.3) is 0 Å². The van der Waals surface area contributed by atoms with E-state index in [0.29, 0.717) is 11.3 Å². The van der Waals surface area contributed by atoms with Crippen molar-refractivity contribution in [2.24, 2.45) is 5.92 Å². The summed E-state index contributed by atoms with van der Waals surface area (Å²) in [6.45, 7) is 3.62. The highest BCUT2D eigenvalue weighted by atomic mass is 16.6. The van der Waals surface area contributed by atoms with Crippen LogP contribution in [-0.2, 0) is 9.53 Å². The van der Waals surface area contributed by atoms with Crippen LogP contribution in [0.2, 0.25) is 0 Å². The van der Waals surface area contributed by atoms with E-state index in [1.54, 1.807) is 24.3 Å². The number of amides is 2. The largest absolute Gasteiger partial charge is 0.496 e. The fourth-order valence-electron chi connectivity index (χ4n) is 2.61. The SMILES string of the molecule is COc1ccccc1[C@@H](CO)C(=O)N1C(=O)OC[C@H]1C(C)C. The number of ether oxygens (including phenoxy) is 2. The van der Waals surface area contributed by atoms with Crippen LogP contribution in [0.4, 0.5) is 4.79 Å². The highest BCUT2D eigenvalue weighted by molar-refractivity contribution is 5.97. The fraction of sp³-hybridized carbons (Fsp3) is 0.500. The Balaban J connectivity index is 2.34. The number of carbonyl (C=O) groups is 2. The lowest BCUT2D eigenvalue weighted by molar-refractivity contribution is -0.132. The first-order valence-corrected chi connectivity index (χ1v) is 7.24. The average molecular weight is 307 g/mol. The Labute approximate surface area is 129 Å². The van der Waals surface area contributed by atoms with E-state index < -0.39 is 24.5 Å². The van der Waals surface area contributed by atoms with Gasteiger partial charge in [-0.3, -0.25) is 4.79 Å². The van der Waals surface area contributed by atoms with Gasteiger partial charge in [0.15, 0.2) is 0 Å². The maximum absolute atomic E-state index is 12.8. The molecular weight excluding hydrogens is 286 g/mol. The van der Waals surface area contributed by atoms with Crippen molar-refractivity contribution in [3.63, 3.8) is 0 Å². The molecule has 2 amide bonds. The van der Waals surface area contributed by atoms with Gasteiger partial charge in [0.05, 0.1) is 25.7 Å². The minimum atomic E-state index is -0.858. The lowest BCUT2D eigenvalue weighted by Gasteiger charge is -2.26. The molecule has 2 atom stereocenters. The molecule has 0 aromatic heterocycles. The van der Waals surface area contributed by atoms with Crippen molar-refractivity contribution in [3.05, 3.63) is 29.8 Å². The highest BCUT2D eigenvalue weighted by Crippen LogP contribution is 2.30. The van der Waals surface area contributed by atoms with Crippen LogP contribution in [0.25, 0.3) is 0 Å². The molecule has 1 saturated heterocycles. The second-order valence-electron chi connectivity index (χ2n) is 5.57. The predicted molar refractivity (Wildman–Crippen MR) is 79.6 cm³/mol. The molecule has 2 rings (SSSR count). The molecule has 0 unspecified atom stereocenters. The Kier molecular flexibility index (Phi) is 5.03. The Morgan fingerprint density at radius 2 is 2.14 bits per heavy atom. The number of hydrogen-bond acceptors (Lipinski definition) is 5. The summed E-state index contributed by atoms with van der Waals surface area (Å²) >= 11 is 0. The number of methoxy groups -OCH3 is 1. The molecule has 6 heteroatoms. The first-order valence-electron chi connectivity index (χ1n) is 7.24. The van der Waals surface area contributed by atoms with Crippen LogP contribution in [0.15, 0.2) is 24.3 Å². The summed E-state index contributed by atoms with van der Waals surface area (Å²) < 4.78 is 10.2. The number of imide groups is 1. The van der Waals surface area contributed by atoms with Gasteiger partial charge < -0.3 is 14.6 Å². The topological polar surface area (TPSA) is 76.1 Å². The summed E-state index contributed by atoms with van der Waals surface area (Å²) in [4.78, 5) is 25.8. The van der Waals surface area contributed by atoms with Crippen LogP contribution in [0.5, 0.6) is 5.75 Å². The maximum atomic E-state index is 12.8. The number of benzene rings is 1. The van der Waals surface area contributed by atoms with Crippen LogP contribution < -0.4 is 4.74 Å². The lowest BCUT2D eigenvalue weighted by atomic mass is 9.95. The molecule has 0 spiro atoms. The summed E-state index contributed by atoms with van der Waals surface area (Å²) in [7, 11) is 1.50. The van der Waals surface area contributed by atoms with Crippen molar-refractivity contribution in [2.75, 3.05) is 20.3 Å². The monoisotopic (exact) mass is 307 g/mol. The molecule has 0 saturated carbocycles. The van der Waals surface area contributed by atoms with Gasteiger partial charge in [-0.25, -0.2) is 9.69 Å². The summed E-state index contributed by atoms with van der Waals surface area (Å²) in [5, 5.41) is 9.69. The average Bonchev–Trinajstić information content (AvgIpc) is 2.90. The van der Waals surface area contributed by atoms with E-state index in [-0.39, 0.29) is 18.6 Å². The number of hydrogen-bond donors (Lipinski definition) is 1. The van der Waals surface area contributed by atoms with Gasteiger partial charge in [-0.1, -0.05) is 32.0 Å². The van der Waals surface area contributed by atoms with E-state index in [4.69, 9.17) is 9.47 Å². The van der Waals surface area contributed by atoms with Crippen LogP contribution >= 0.6 is 0 Å². The molecule has 1 heterocycles. The van der Waals surface area contributed by atoms with E-state index in [0.717, 1.165) is 4.90 Å². The zero-order valence-corrected chi connectivity index (χ0v) is 13.0. The first-order chi connectivity index (χ1) is 10.5. The van der Waals surface area contributed by atoms with E-state index in [1.165, 1.54) is 7.11 Å². The lowest BCUT2D eigenvalue weighted by Crippen LogP contribution is -2.45. The van der Waals surface area contributed by atoms with Gasteiger partial charge in [0.2, 0.25) is 5.91 Å². The van der Waals surface area contributed by atoms with Crippen molar-refractivity contribution in [1.82, 2.24) is 4.90 Å². The Bertz CT molecular complexity index is 557. The van der Waals surface area contributed by atoms with E-state index in [2.05, 4.69) is 0 Å². The number of para-hydroxylation sites is 1. The predicted octanol–water partition coefficient (Wildman–Crippen LogP) is 1.77. The van der Waals surface area contributed by atoms with Crippen LogP contribution in [0.1, 0.15) is 25.3 Å². The number of rotatable bonds is 5. The van der Waals surface area contributed by atoms with Gasteiger partial charge in [-0.05, 0) is 12.0 Å². The number of cyclic esters (lactones) is 1. The second kappa shape index (κ2) is 6.79. The van der Waals surface area contributed by atoms with E-state index in [1.807, 2.05) is 13.8 Å². The summed E-state index contributed by atoms with van der Waals surface area (Å²) in [6, 6.07) is 6.65. The number of carbonyl (C=O) groups excluding carboxylic acids is 2. The third-order valence-corrected chi connectivity index (χ3v) is 3.91. The standard InChI is InChI=1S/C16H21NO5/c1-10(2)13-9-22-16(20)17(13)15(19)12(8-18)11-6-4-5-7-14(11)21-3/h4-7,10,12-13,18H,8-9H2,1-3H3/t12-,13+/m1/s1. The Morgan fingerprint density at radius 3 is 2.73 bits per heavy atom. The molecule has 6 nitrogen and oxygen atoms in total. The van der Waals surface area contributed by atoms with Crippen LogP contribution in [0.3, 0.4) is 0 Å². The number of aliphatic hydroxyl groups excluding tert-OH is 1. The van der Waals surface area contributed by atoms with Crippen molar-refractivity contribution < 1.29 is 24.2 Å². The van der Waals surface area contributed by atoms with Crippen LogP contribution in [0, 0.1) is 5.92 Å². The molecule has 22 heavy (non-hydrogen) atoms. The third kappa shape index (κ3) is 2.92. The summed E-state index contributed by atoms with van der Waals surface area (Å²) in [5.41, 5.74) is 0.555. The van der Waals surface area contributed by atoms with Gasteiger partial charge >= 0.3 is 6.09 Å². The van der Waals surface area contributed by atoms with Crippen molar-refractivity contribution in [3.8, 4) is 5.75 Å². The first kappa shape index (κ1) is 16.3. The second-order valence-corrected chi connectivity index (χ2v) is 5.57. The summed E-state index contributed by atoms with van der Waals surface area (Å²) in [5.74, 6) is -0.743. The Morgan fingerprint density at radius 1 is 1.45 bits per heavy atom. The molecule has 1 aromatic rings. The van der Waals surface area contributed by atoms with Gasteiger partial charge in [0, 0.05) is 5.56 Å². The molecule has 0 bridgehead atoms. The molecule has 1 fully saturated rings. The van der Waals surface area contributed by atoms with E-state index in [9.17, 15) is 14.7 Å². The zero-order chi connectivity index (χ0) is 16.3. The highest BCUT2D eigenvalue weighted by Gasteiger charge is 2.42. The number of nitrogens with zero attached hydrogens (tertiary/aromatic N) is 1.